The van der Waals surface area contributed by atoms with Gasteiger partial charge < -0.3 is 0 Å². The van der Waals surface area contributed by atoms with Crippen LogP contribution in [0.2, 0.25) is 0 Å². The molecule has 0 unspecified atom stereocenters. The molecule has 0 nitrogen and oxygen atoms in total. The van der Waals surface area contributed by atoms with E-state index in [1.54, 1.807) is 6.08 Å². The molecule has 0 fully saturated rings. The Morgan fingerprint density at radius 2 is 1.00 bits per heavy atom. The molecule has 0 aliphatic carbocycles. The molecule has 0 atom stereocenters. The van der Waals surface area contributed by atoms with Crippen LogP contribution in [0.1, 0.15) is 54.9 Å². The Hall–Kier alpha value is -0.260. The first-order valence-corrected chi connectivity index (χ1v) is 4.40. The molecule has 0 spiro atoms. The molecule has 0 N–H and O–H groups in total. The lowest BCUT2D eigenvalue weighted by atomic mass is 10.6. The Morgan fingerprint density at radius 1 is 1.00 bits per heavy atom. The van der Waals surface area contributed by atoms with Crippen LogP contribution < -0.4 is 0 Å². The van der Waals surface area contributed by atoms with Crippen molar-refractivity contribution in [1.29, 1.82) is 0 Å². The van der Waals surface area contributed by atoms with Crippen molar-refractivity contribution in [3.05, 3.63) is 12.7 Å². The topological polar surface area (TPSA) is 0 Å². The summed E-state index contributed by atoms with van der Waals surface area (Å²) in [5.41, 5.74) is 0. The highest BCUT2D eigenvalue weighted by atomic mass is 13.4. The first-order chi connectivity index (χ1) is 4.83. The molecule has 0 aliphatic heterocycles. The van der Waals surface area contributed by atoms with Crippen molar-refractivity contribution in [2.75, 3.05) is 0 Å². The van der Waals surface area contributed by atoms with Crippen molar-refractivity contribution < 1.29 is 0 Å². The molecule has 0 aromatic carbocycles. The zero-order chi connectivity index (χ0) is 9.41. The summed E-state index contributed by atoms with van der Waals surface area (Å²) in [4.78, 5) is 0. The largest absolute Gasteiger partial charge is 0.103 e. The second kappa shape index (κ2) is 173. The molecule has 0 aromatic rings. The van der Waals surface area contributed by atoms with Gasteiger partial charge in [0.1, 0.15) is 0 Å². The van der Waals surface area contributed by atoms with Gasteiger partial charge in [-0.05, 0) is 6.92 Å². The summed E-state index contributed by atoms with van der Waals surface area (Å²) in [5, 5.41) is 0. The predicted octanol–water partition coefficient (Wildman–Crippen LogP) is 4.66. The predicted molar refractivity (Wildman–Crippen MR) is 54.5 cm³/mol. The van der Waals surface area contributed by atoms with Crippen LogP contribution in [0.25, 0.3) is 0 Å². The van der Waals surface area contributed by atoms with Gasteiger partial charge in [-0.2, -0.15) is 0 Å². The van der Waals surface area contributed by atoms with Gasteiger partial charge in [-0.1, -0.05) is 54.0 Å². The van der Waals surface area contributed by atoms with Crippen molar-refractivity contribution in [3.8, 4) is 0 Å². The minimum Gasteiger partial charge on any atom is -0.103 e. The fourth-order valence-corrected chi connectivity index (χ4v) is 0. The molecule has 0 aromatic heterocycles. The van der Waals surface area contributed by atoms with E-state index in [1.165, 1.54) is 6.42 Å². The minimum atomic E-state index is 1.25. The fourth-order valence-electron chi connectivity index (χ4n) is 0. The van der Waals surface area contributed by atoms with Crippen LogP contribution in [0.3, 0.4) is 0 Å². The molecular formula is C10H26. The maximum absolute atomic E-state index is 3.36. The van der Waals surface area contributed by atoms with Crippen LogP contribution >= 0.6 is 0 Å². The summed E-state index contributed by atoms with van der Waals surface area (Å²) in [5.74, 6) is 0. The van der Waals surface area contributed by atoms with E-state index < -0.39 is 0 Å². The molecular weight excluding hydrogens is 120 g/mol. The molecule has 0 bridgehead atoms. The van der Waals surface area contributed by atoms with Gasteiger partial charge in [0.15, 0.2) is 0 Å². The fraction of sp³-hybridized carbons (Fsp3) is 0.800. The van der Waals surface area contributed by atoms with Crippen LogP contribution in [0.15, 0.2) is 12.7 Å². The second-order valence-electron chi connectivity index (χ2n) is 1.12. The van der Waals surface area contributed by atoms with Crippen LogP contribution in [-0.2, 0) is 0 Å². The zero-order valence-electron chi connectivity index (χ0n) is 8.99. The Morgan fingerprint density at radius 3 is 1.00 bits per heavy atom. The van der Waals surface area contributed by atoms with Crippen molar-refractivity contribution in [2.45, 2.75) is 54.9 Å². The minimum absolute atomic E-state index is 1.25. The first kappa shape index (κ1) is 22.6. The lowest BCUT2D eigenvalue weighted by Crippen LogP contribution is -1.27. The van der Waals surface area contributed by atoms with Gasteiger partial charge in [-0.15, -0.1) is 6.58 Å². The number of hydrogen-bond donors (Lipinski definition) is 0. The summed E-state index contributed by atoms with van der Waals surface area (Å²) < 4.78 is 0. The van der Waals surface area contributed by atoms with Crippen LogP contribution in [0.5, 0.6) is 0 Å². The van der Waals surface area contributed by atoms with Crippen molar-refractivity contribution >= 4 is 0 Å². The molecule has 66 valence electrons. The third kappa shape index (κ3) is 5200. The van der Waals surface area contributed by atoms with Crippen LogP contribution in [-0.4, -0.2) is 0 Å². The van der Waals surface area contributed by atoms with Gasteiger partial charge in [0, 0.05) is 0 Å². The van der Waals surface area contributed by atoms with E-state index in [0.29, 0.717) is 0 Å². The molecule has 0 amide bonds. The second-order valence-corrected chi connectivity index (χ2v) is 1.12. The van der Waals surface area contributed by atoms with Crippen molar-refractivity contribution in [1.82, 2.24) is 0 Å². The summed E-state index contributed by atoms with van der Waals surface area (Å²) in [6.45, 7) is 17.5. The van der Waals surface area contributed by atoms with Gasteiger partial charge in [-0.3, -0.25) is 0 Å². The molecule has 0 aliphatic rings. The number of allylic oxidation sites excluding steroid dienone is 1. The summed E-state index contributed by atoms with van der Waals surface area (Å²) in [7, 11) is 0. The molecule has 0 saturated carbocycles. The standard InChI is InChI=1S/C3H8.C3H6.2C2H6/c2*1-3-2;2*1-2/h3H2,1-2H3;3H,1H2,2H3;2*1-2H3. The van der Waals surface area contributed by atoms with Gasteiger partial charge in [0.2, 0.25) is 0 Å². The van der Waals surface area contributed by atoms with Crippen molar-refractivity contribution in [2.24, 2.45) is 0 Å². The first-order valence-electron chi connectivity index (χ1n) is 4.40. The quantitative estimate of drug-likeness (QED) is 0.436. The Kier molecular flexibility index (Phi) is 391. The molecule has 10 heavy (non-hydrogen) atoms. The third-order valence-electron chi connectivity index (χ3n) is 0. The maximum atomic E-state index is 3.36. The van der Waals surface area contributed by atoms with Crippen LogP contribution in [0, 0.1) is 0 Å². The summed E-state index contributed by atoms with van der Waals surface area (Å²) >= 11 is 0. The van der Waals surface area contributed by atoms with E-state index in [-0.39, 0.29) is 0 Å². The van der Waals surface area contributed by atoms with Gasteiger partial charge >= 0.3 is 0 Å². The molecule has 0 saturated heterocycles. The van der Waals surface area contributed by atoms with E-state index in [4.69, 9.17) is 0 Å². The van der Waals surface area contributed by atoms with Crippen molar-refractivity contribution in [3.63, 3.8) is 0 Å². The van der Waals surface area contributed by atoms with Crippen LogP contribution in [0.4, 0.5) is 0 Å². The Balaban J connectivity index is -0.0000000246. The van der Waals surface area contributed by atoms with E-state index in [9.17, 15) is 0 Å². The molecule has 0 heteroatoms. The zero-order valence-corrected chi connectivity index (χ0v) is 8.99. The molecule has 0 heterocycles. The number of rotatable bonds is 0. The van der Waals surface area contributed by atoms with Gasteiger partial charge in [-0.25, -0.2) is 0 Å². The maximum Gasteiger partial charge on any atom is -0.0473 e. The lowest BCUT2D eigenvalue weighted by Gasteiger charge is -1.48. The Labute approximate surface area is 68.4 Å². The highest BCUT2D eigenvalue weighted by Gasteiger charge is 1.35. The lowest BCUT2D eigenvalue weighted by molar-refractivity contribution is 1.09. The third-order valence-corrected chi connectivity index (χ3v) is 0. The van der Waals surface area contributed by atoms with E-state index in [2.05, 4.69) is 20.4 Å². The monoisotopic (exact) mass is 146 g/mol. The van der Waals surface area contributed by atoms with Gasteiger partial charge in [0.05, 0.1) is 0 Å². The summed E-state index contributed by atoms with van der Waals surface area (Å²) in [6.07, 6.45) is 3.00. The average Bonchev–Trinajstić information content (AvgIpc) is 1.99. The normalized spacial score (nSPS) is 4.30. The Bertz CT molecular complexity index is 14.0. The smallest absolute Gasteiger partial charge is 0.0473 e. The van der Waals surface area contributed by atoms with E-state index >= 15 is 0 Å². The molecule has 0 rings (SSSR count). The van der Waals surface area contributed by atoms with E-state index in [1.807, 2.05) is 34.6 Å². The van der Waals surface area contributed by atoms with E-state index in [0.717, 1.165) is 0 Å². The number of hydrogen-bond acceptors (Lipinski definition) is 0. The highest BCUT2D eigenvalue weighted by molar-refractivity contribution is 4.51. The van der Waals surface area contributed by atoms with Gasteiger partial charge in [0.25, 0.3) is 0 Å². The molecule has 0 radical (unpaired) electrons. The SMILES string of the molecule is C=CC.CC.CC.CCC. The highest BCUT2D eigenvalue weighted by Crippen LogP contribution is 1.56. The summed E-state index contributed by atoms with van der Waals surface area (Å²) in [6, 6.07) is 0. The average molecular weight is 146 g/mol.